The molecular weight excluding hydrogens is 456 g/mol. The summed E-state index contributed by atoms with van der Waals surface area (Å²) in [6, 6.07) is 3.95. The van der Waals surface area contributed by atoms with Crippen LogP contribution in [0.5, 0.6) is 0 Å². The molecule has 4 aromatic rings. The van der Waals surface area contributed by atoms with Gasteiger partial charge in [-0.05, 0) is 48.4 Å². The van der Waals surface area contributed by atoms with E-state index < -0.39 is 0 Å². The lowest BCUT2D eigenvalue weighted by Gasteiger charge is -2.17. The van der Waals surface area contributed by atoms with Crippen LogP contribution in [0.15, 0.2) is 41.3 Å². The van der Waals surface area contributed by atoms with Crippen LogP contribution < -0.4 is 5.32 Å². The van der Waals surface area contributed by atoms with Crippen LogP contribution in [0.1, 0.15) is 80.1 Å². The number of aromatic nitrogens is 7. The van der Waals surface area contributed by atoms with E-state index in [2.05, 4.69) is 36.6 Å². The van der Waals surface area contributed by atoms with Gasteiger partial charge in [-0.3, -0.25) is 14.5 Å². The summed E-state index contributed by atoms with van der Waals surface area (Å²) in [5, 5.41) is 15.4. The highest BCUT2D eigenvalue weighted by atomic mass is 16.4. The number of nitrogens with zero attached hydrogens (tertiary/aromatic N) is 7. The lowest BCUT2D eigenvalue weighted by Crippen LogP contribution is -2.11. The highest BCUT2D eigenvalue weighted by Gasteiger charge is 2.28. The van der Waals surface area contributed by atoms with Crippen LogP contribution in [0.3, 0.4) is 0 Å². The van der Waals surface area contributed by atoms with E-state index in [1.54, 1.807) is 17.1 Å². The van der Waals surface area contributed by atoms with Crippen molar-refractivity contribution < 1.29 is 9.21 Å². The molecule has 1 unspecified atom stereocenters. The molecule has 0 fully saturated rings. The number of rotatable bonds is 6. The van der Waals surface area contributed by atoms with Crippen molar-refractivity contribution in [3.05, 3.63) is 59.8 Å². The van der Waals surface area contributed by atoms with Crippen LogP contribution in [0.4, 0.5) is 11.6 Å². The van der Waals surface area contributed by atoms with Crippen molar-refractivity contribution in [1.29, 1.82) is 0 Å². The molecular formula is C26H30N8O2. The van der Waals surface area contributed by atoms with Crippen molar-refractivity contribution in [2.24, 2.45) is 7.05 Å². The SMILES string of the molecule is Cn1cc(Nc2nccc(-c3cc4c(cn3)C(CC(=O)c3nnc(C(C)(C)C)o3)CCCC4)n2)cn1. The zero-order valence-electron chi connectivity index (χ0n) is 21.0. The van der Waals surface area contributed by atoms with Crippen LogP contribution >= 0.6 is 0 Å². The first kappa shape index (κ1) is 23.8. The number of carbonyl (C=O) groups is 1. The minimum atomic E-state index is -0.296. The molecule has 10 heteroatoms. The molecule has 1 atom stereocenters. The molecule has 4 heterocycles. The van der Waals surface area contributed by atoms with E-state index in [4.69, 9.17) is 9.40 Å². The summed E-state index contributed by atoms with van der Waals surface area (Å²) >= 11 is 0. The number of carbonyl (C=O) groups excluding carboxylic acids is 1. The van der Waals surface area contributed by atoms with Gasteiger partial charge < -0.3 is 9.73 Å². The van der Waals surface area contributed by atoms with Gasteiger partial charge in [0.2, 0.25) is 17.6 Å². The van der Waals surface area contributed by atoms with Crippen molar-refractivity contribution >= 4 is 17.4 Å². The van der Waals surface area contributed by atoms with E-state index in [1.165, 1.54) is 5.56 Å². The first-order valence-corrected chi connectivity index (χ1v) is 12.2. The van der Waals surface area contributed by atoms with Crippen LogP contribution in [-0.4, -0.2) is 40.7 Å². The fraction of sp³-hybridized carbons (Fsp3) is 0.423. The molecule has 4 aromatic heterocycles. The van der Waals surface area contributed by atoms with E-state index in [1.807, 2.05) is 46.3 Å². The van der Waals surface area contributed by atoms with Crippen LogP contribution in [0, 0.1) is 0 Å². The van der Waals surface area contributed by atoms with E-state index in [-0.39, 0.29) is 23.0 Å². The first-order chi connectivity index (χ1) is 17.3. The van der Waals surface area contributed by atoms with Gasteiger partial charge >= 0.3 is 0 Å². The summed E-state index contributed by atoms with van der Waals surface area (Å²) in [4.78, 5) is 26.7. The van der Waals surface area contributed by atoms with E-state index in [0.717, 1.165) is 48.3 Å². The van der Waals surface area contributed by atoms with Gasteiger partial charge in [0.05, 0.1) is 23.3 Å². The Hall–Kier alpha value is -3.95. The maximum absolute atomic E-state index is 13.0. The Balaban J connectivity index is 1.36. The average molecular weight is 487 g/mol. The van der Waals surface area contributed by atoms with Crippen molar-refractivity contribution in [2.75, 3.05) is 5.32 Å². The van der Waals surface area contributed by atoms with E-state index in [9.17, 15) is 4.79 Å². The standard InChI is InChI=1S/C26H30N8O2/c1-26(2,3)24-33-32-23(36-24)22(35)12-17-8-6-5-7-16-11-21(28-14-19(16)17)20-9-10-27-25(31-20)30-18-13-29-34(4)15-18/h9-11,13-15,17H,5-8,12H2,1-4H3,(H,27,30,31). The Labute approximate surface area is 209 Å². The number of aryl methyl sites for hydroxylation is 2. The number of pyridine rings is 1. The highest BCUT2D eigenvalue weighted by molar-refractivity contribution is 5.92. The Morgan fingerprint density at radius 1 is 1.17 bits per heavy atom. The second kappa shape index (κ2) is 9.60. The molecule has 186 valence electrons. The molecule has 0 amide bonds. The molecule has 0 saturated heterocycles. The average Bonchev–Trinajstić information content (AvgIpc) is 3.46. The molecule has 10 nitrogen and oxygen atoms in total. The number of nitrogens with one attached hydrogen (secondary N) is 1. The summed E-state index contributed by atoms with van der Waals surface area (Å²) in [5.74, 6) is 0.983. The molecule has 0 aromatic carbocycles. The second-order valence-corrected chi connectivity index (χ2v) is 10.3. The van der Waals surface area contributed by atoms with E-state index in [0.29, 0.717) is 18.3 Å². The molecule has 0 aliphatic heterocycles. The molecule has 36 heavy (non-hydrogen) atoms. The molecule has 0 bridgehead atoms. The minimum absolute atomic E-state index is 0.0646. The fourth-order valence-electron chi connectivity index (χ4n) is 4.43. The lowest BCUT2D eigenvalue weighted by molar-refractivity contribution is 0.0935. The zero-order valence-corrected chi connectivity index (χ0v) is 21.0. The maximum atomic E-state index is 13.0. The largest absolute Gasteiger partial charge is 0.418 e. The molecule has 0 spiro atoms. The van der Waals surface area contributed by atoms with E-state index >= 15 is 0 Å². The molecule has 0 radical (unpaired) electrons. The van der Waals surface area contributed by atoms with Gasteiger partial charge in [0.25, 0.3) is 5.89 Å². The summed E-state index contributed by atoms with van der Waals surface area (Å²) in [7, 11) is 1.86. The predicted octanol–water partition coefficient (Wildman–Crippen LogP) is 4.78. The van der Waals surface area contributed by atoms with Crippen molar-refractivity contribution in [2.45, 2.75) is 64.2 Å². The third-order valence-electron chi connectivity index (χ3n) is 6.33. The Morgan fingerprint density at radius 2 is 2.03 bits per heavy atom. The van der Waals surface area contributed by atoms with Gasteiger partial charge in [0.1, 0.15) is 0 Å². The molecule has 1 N–H and O–H groups in total. The fourth-order valence-corrected chi connectivity index (χ4v) is 4.43. The molecule has 0 saturated carbocycles. The first-order valence-electron chi connectivity index (χ1n) is 12.2. The molecule has 1 aliphatic rings. The maximum Gasteiger partial charge on any atom is 0.284 e. The highest BCUT2D eigenvalue weighted by Crippen LogP contribution is 2.35. The van der Waals surface area contributed by atoms with Crippen molar-refractivity contribution in [3.8, 4) is 11.4 Å². The topological polar surface area (TPSA) is 125 Å². The van der Waals surface area contributed by atoms with Gasteiger partial charge in [0.15, 0.2) is 0 Å². The molecule has 5 rings (SSSR count). The number of hydrogen-bond acceptors (Lipinski definition) is 9. The van der Waals surface area contributed by atoms with Gasteiger partial charge in [0, 0.05) is 37.5 Å². The smallest absolute Gasteiger partial charge is 0.284 e. The minimum Gasteiger partial charge on any atom is -0.418 e. The monoisotopic (exact) mass is 486 g/mol. The van der Waals surface area contributed by atoms with Crippen LogP contribution in [-0.2, 0) is 18.9 Å². The third kappa shape index (κ3) is 5.17. The molecule has 1 aliphatic carbocycles. The van der Waals surface area contributed by atoms with Gasteiger partial charge in [-0.15, -0.1) is 10.2 Å². The number of Topliss-reactive ketones (excluding diaryl/α,β-unsaturated/α-hetero) is 1. The summed E-state index contributed by atoms with van der Waals surface area (Å²) in [5.41, 5.74) is 4.35. The quantitative estimate of drug-likeness (QED) is 0.303. The number of anilines is 2. The van der Waals surface area contributed by atoms with Crippen LogP contribution in [0.25, 0.3) is 11.4 Å². The number of hydrogen-bond donors (Lipinski definition) is 1. The lowest BCUT2D eigenvalue weighted by atomic mass is 9.89. The number of fused-ring (bicyclic) bond motifs is 1. The second-order valence-electron chi connectivity index (χ2n) is 10.3. The predicted molar refractivity (Wildman–Crippen MR) is 134 cm³/mol. The summed E-state index contributed by atoms with van der Waals surface area (Å²) in [6.45, 7) is 5.94. The Kier molecular flexibility index (Phi) is 6.34. The Bertz CT molecular complexity index is 1380. The van der Waals surface area contributed by atoms with Gasteiger partial charge in [-0.2, -0.15) is 5.10 Å². The zero-order chi connectivity index (χ0) is 25.3. The van der Waals surface area contributed by atoms with Crippen molar-refractivity contribution in [1.82, 2.24) is 34.9 Å². The van der Waals surface area contributed by atoms with Crippen LogP contribution in [0.2, 0.25) is 0 Å². The van der Waals surface area contributed by atoms with Gasteiger partial charge in [-0.25, -0.2) is 9.97 Å². The normalized spacial score (nSPS) is 15.8. The summed E-state index contributed by atoms with van der Waals surface area (Å²) in [6.07, 6.45) is 11.5. The van der Waals surface area contributed by atoms with Crippen molar-refractivity contribution in [3.63, 3.8) is 0 Å². The number of ketones is 1. The van der Waals surface area contributed by atoms with Gasteiger partial charge in [-0.1, -0.05) is 27.2 Å². The Morgan fingerprint density at radius 3 is 2.78 bits per heavy atom. The summed E-state index contributed by atoms with van der Waals surface area (Å²) < 4.78 is 7.40. The third-order valence-corrected chi connectivity index (χ3v) is 6.33.